The van der Waals surface area contributed by atoms with Crippen LogP contribution in [0.1, 0.15) is 27.5 Å². The molecule has 0 atom stereocenters. The highest BCUT2D eigenvalue weighted by molar-refractivity contribution is 7.13. The summed E-state index contributed by atoms with van der Waals surface area (Å²) < 4.78 is 1.78. The molecule has 4 heterocycles. The Kier molecular flexibility index (Phi) is 4.46. The third kappa shape index (κ3) is 3.40. The number of piperidine rings is 1. The minimum absolute atomic E-state index is 0.174. The van der Waals surface area contributed by atoms with Gasteiger partial charge in [0.25, 0.3) is 5.91 Å². The first-order valence-electron chi connectivity index (χ1n) is 8.45. The lowest BCUT2D eigenvalue weighted by Gasteiger charge is -2.21. The number of anilines is 1. The van der Waals surface area contributed by atoms with E-state index in [1.54, 1.807) is 17.0 Å². The Balaban J connectivity index is 1.46. The lowest BCUT2D eigenvalue weighted by Crippen LogP contribution is -2.28. The Morgan fingerprint density at radius 3 is 3.04 bits per heavy atom. The highest BCUT2D eigenvalue weighted by Gasteiger charge is 2.18. The van der Waals surface area contributed by atoms with Crippen molar-refractivity contribution in [2.24, 2.45) is 13.0 Å². The number of aromatic nitrogens is 4. The molecule has 0 radical (unpaired) electrons. The number of aryl methyl sites for hydroxylation is 1. The van der Waals surface area contributed by atoms with Gasteiger partial charge in [-0.1, -0.05) is 0 Å². The zero-order chi connectivity index (χ0) is 17.2. The third-order valence-corrected chi connectivity index (χ3v) is 5.57. The van der Waals surface area contributed by atoms with Gasteiger partial charge in [0.2, 0.25) is 5.95 Å². The van der Waals surface area contributed by atoms with E-state index in [0.29, 0.717) is 16.7 Å². The second kappa shape index (κ2) is 6.89. The molecule has 2 N–H and O–H groups in total. The van der Waals surface area contributed by atoms with Crippen LogP contribution in [0.25, 0.3) is 11.2 Å². The minimum Gasteiger partial charge on any atom is -0.317 e. The number of amides is 1. The zero-order valence-corrected chi connectivity index (χ0v) is 14.8. The molecule has 1 aliphatic rings. The lowest BCUT2D eigenvalue weighted by molar-refractivity contribution is 0.102. The van der Waals surface area contributed by atoms with Crippen LogP contribution in [0.2, 0.25) is 0 Å². The van der Waals surface area contributed by atoms with E-state index in [1.165, 1.54) is 24.2 Å². The second-order valence-electron chi connectivity index (χ2n) is 6.31. The molecule has 3 aromatic heterocycles. The second-order valence-corrected chi connectivity index (χ2v) is 7.43. The number of pyridine rings is 1. The number of hydrogen-bond acceptors (Lipinski definition) is 6. The molecule has 0 aliphatic carbocycles. The van der Waals surface area contributed by atoms with E-state index in [9.17, 15) is 4.79 Å². The molecule has 1 fully saturated rings. The van der Waals surface area contributed by atoms with E-state index in [4.69, 9.17) is 0 Å². The van der Waals surface area contributed by atoms with Gasteiger partial charge in [0.05, 0.1) is 11.2 Å². The number of thiazole rings is 1. The molecule has 0 spiro atoms. The number of carbonyl (C=O) groups is 1. The molecule has 0 bridgehead atoms. The standard InChI is InChI=1S/C17H20N6OS/c1-23-15-12(3-2-6-19-15)21-17(23)22-16(24)13-10-20-14(25-13)9-11-4-7-18-8-5-11/h2-3,6,10-11,18H,4-5,7-9H2,1H3,(H,21,22,24). The molecule has 3 aromatic rings. The van der Waals surface area contributed by atoms with Crippen LogP contribution in [0.3, 0.4) is 0 Å². The van der Waals surface area contributed by atoms with E-state index < -0.39 is 0 Å². The van der Waals surface area contributed by atoms with E-state index in [-0.39, 0.29) is 5.91 Å². The van der Waals surface area contributed by atoms with E-state index in [1.807, 2.05) is 19.2 Å². The quantitative estimate of drug-likeness (QED) is 0.749. The van der Waals surface area contributed by atoms with Crippen LogP contribution >= 0.6 is 11.3 Å². The average Bonchev–Trinajstić information content (AvgIpc) is 3.22. The van der Waals surface area contributed by atoms with Gasteiger partial charge in [-0.3, -0.25) is 14.7 Å². The highest BCUT2D eigenvalue weighted by atomic mass is 32.1. The first-order valence-corrected chi connectivity index (χ1v) is 9.26. The summed E-state index contributed by atoms with van der Waals surface area (Å²) in [6, 6.07) is 3.71. The summed E-state index contributed by atoms with van der Waals surface area (Å²) in [5.74, 6) is 0.980. The van der Waals surface area contributed by atoms with Crippen LogP contribution in [0.15, 0.2) is 24.5 Å². The van der Waals surface area contributed by atoms with Crippen LogP contribution in [-0.2, 0) is 13.5 Å². The van der Waals surface area contributed by atoms with Crippen molar-refractivity contribution in [3.63, 3.8) is 0 Å². The minimum atomic E-state index is -0.174. The predicted molar refractivity (Wildman–Crippen MR) is 97.9 cm³/mol. The van der Waals surface area contributed by atoms with Crippen molar-refractivity contribution in [2.45, 2.75) is 19.3 Å². The number of nitrogens with zero attached hydrogens (tertiary/aromatic N) is 4. The summed E-state index contributed by atoms with van der Waals surface area (Å²) in [6.07, 6.45) is 6.68. The molecule has 1 aliphatic heterocycles. The van der Waals surface area contributed by atoms with Gasteiger partial charge in [0.1, 0.15) is 10.4 Å². The molecule has 1 amide bonds. The molecule has 0 saturated carbocycles. The van der Waals surface area contributed by atoms with Crippen molar-refractivity contribution in [2.75, 3.05) is 18.4 Å². The zero-order valence-electron chi connectivity index (χ0n) is 14.0. The van der Waals surface area contributed by atoms with Gasteiger partial charge in [-0.15, -0.1) is 11.3 Å². The van der Waals surface area contributed by atoms with Crippen molar-refractivity contribution in [1.82, 2.24) is 24.8 Å². The summed E-state index contributed by atoms with van der Waals surface area (Å²) in [4.78, 5) is 26.3. The van der Waals surface area contributed by atoms with Crippen molar-refractivity contribution in [3.8, 4) is 0 Å². The highest BCUT2D eigenvalue weighted by Crippen LogP contribution is 2.23. The van der Waals surface area contributed by atoms with Gasteiger partial charge >= 0.3 is 0 Å². The van der Waals surface area contributed by atoms with Crippen LogP contribution in [0.4, 0.5) is 5.95 Å². The Morgan fingerprint density at radius 1 is 1.40 bits per heavy atom. The van der Waals surface area contributed by atoms with Crippen molar-refractivity contribution in [1.29, 1.82) is 0 Å². The number of imidazole rings is 1. The maximum absolute atomic E-state index is 12.5. The lowest BCUT2D eigenvalue weighted by atomic mass is 9.95. The SMILES string of the molecule is Cn1c(NC(=O)c2cnc(CC3CCNCC3)s2)nc2cccnc21. The predicted octanol–water partition coefficient (Wildman–Crippen LogP) is 2.22. The molecule has 130 valence electrons. The van der Waals surface area contributed by atoms with Gasteiger partial charge in [0.15, 0.2) is 5.65 Å². The largest absolute Gasteiger partial charge is 0.317 e. The molecule has 25 heavy (non-hydrogen) atoms. The molecular weight excluding hydrogens is 336 g/mol. The Bertz CT molecular complexity index is 896. The number of nitrogens with one attached hydrogen (secondary N) is 2. The van der Waals surface area contributed by atoms with Crippen LogP contribution in [-0.4, -0.2) is 38.5 Å². The van der Waals surface area contributed by atoms with Crippen molar-refractivity contribution < 1.29 is 4.79 Å². The number of rotatable bonds is 4. The molecule has 1 saturated heterocycles. The molecular formula is C17H20N6OS. The fourth-order valence-electron chi connectivity index (χ4n) is 3.14. The van der Waals surface area contributed by atoms with E-state index in [0.717, 1.165) is 35.7 Å². The molecule has 0 aromatic carbocycles. The van der Waals surface area contributed by atoms with Crippen LogP contribution < -0.4 is 10.6 Å². The molecule has 0 unspecified atom stereocenters. The molecule has 7 nitrogen and oxygen atoms in total. The summed E-state index contributed by atoms with van der Waals surface area (Å²) in [7, 11) is 1.84. The van der Waals surface area contributed by atoms with Gasteiger partial charge in [-0.25, -0.2) is 15.0 Å². The first kappa shape index (κ1) is 16.2. The van der Waals surface area contributed by atoms with Crippen molar-refractivity contribution >= 4 is 34.4 Å². The summed E-state index contributed by atoms with van der Waals surface area (Å²) in [6.45, 7) is 2.15. The molecule has 8 heteroatoms. The Hall–Kier alpha value is -2.32. The maximum atomic E-state index is 12.5. The normalized spacial score (nSPS) is 15.6. The summed E-state index contributed by atoms with van der Waals surface area (Å²) >= 11 is 1.47. The van der Waals surface area contributed by atoms with E-state index >= 15 is 0 Å². The van der Waals surface area contributed by atoms with E-state index in [2.05, 4.69) is 25.6 Å². The smallest absolute Gasteiger partial charge is 0.269 e. The van der Waals surface area contributed by atoms with Crippen molar-refractivity contribution in [3.05, 3.63) is 34.4 Å². The van der Waals surface area contributed by atoms with Gasteiger partial charge in [0, 0.05) is 19.7 Å². The summed E-state index contributed by atoms with van der Waals surface area (Å²) in [5.41, 5.74) is 1.50. The third-order valence-electron chi connectivity index (χ3n) is 4.55. The molecule has 4 rings (SSSR count). The summed E-state index contributed by atoms with van der Waals surface area (Å²) in [5, 5.41) is 7.27. The number of fused-ring (bicyclic) bond motifs is 1. The topological polar surface area (TPSA) is 84.7 Å². The number of carbonyl (C=O) groups excluding carboxylic acids is 1. The monoisotopic (exact) mass is 356 g/mol. The fourth-order valence-corrected chi connectivity index (χ4v) is 4.07. The maximum Gasteiger partial charge on any atom is 0.269 e. The van der Waals surface area contributed by atoms with Gasteiger partial charge in [-0.2, -0.15) is 0 Å². The Labute approximate surface area is 149 Å². The van der Waals surface area contributed by atoms with Gasteiger partial charge < -0.3 is 5.32 Å². The average molecular weight is 356 g/mol. The van der Waals surface area contributed by atoms with Crippen LogP contribution in [0.5, 0.6) is 0 Å². The van der Waals surface area contributed by atoms with Gasteiger partial charge in [-0.05, 0) is 44.0 Å². The number of hydrogen-bond donors (Lipinski definition) is 2. The fraction of sp³-hybridized carbons (Fsp3) is 0.412. The Morgan fingerprint density at radius 2 is 2.24 bits per heavy atom. The first-order chi connectivity index (χ1) is 12.2. The van der Waals surface area contributed by atoms with Crippen LogP contribution in [0, 0.1) is 5.92 Å².